The molecule has 0 unspecified atom stereocenters. The lowest BCUT2D eigenvalue weighted by Gasteiger charge is -2.26. The second-order valence-corrected chi connectivity index (χ2v) is 5.02. The van der Waals surface area contributed by atoms with Gasteiger partial charge in [0, 0.05) is 22.6 Å². The van der Waals surface area contributed by atoms with Crippen LogP contribution in [-0.2, 0) is 0 Å². The SMILES string of the molecule is N#CN(C#N)C(=NNC(=N)N)N(CCBr)c1cccc(Cl)c1. The Bertz CT molecular complexity index is 633. The molecule has 10 heteroatoms. The number of rotatable bonds is 4. The summed E-state index contributed by atoms with van der Waals surface area (Å²) in [5.74, 6) is -0.444. The van der Waals surface area contributed by atoms with Gasteiger partial charge in [0.25, 0.3) is 5.96 Å². The second-order valence-electron chi connectivity index (χ2n) is 3.79. The summed E-state index contributed by atoms with van der Waals surface area (Å²) in [6.45, 7) is 0.401. The van der Waals surface area contributed by atoms with E-state index in [9.17, 15) is 0 Å². The highest BCUT2D eigenvalue weighted by molar-refractivity contribution is 9.09. The van der Waals surface area contributed by atoms with Gasteiger partial charge in [-0.3, -0.25) is 5.41 Å². The molecule has 1 aromatic carbocycles. The van der Waals surface area contributed by atoms with E-state index in [2.05, 4.69) is 26.5 Å². The Labute approximate surface area is 141 Å². The third-order valence-corrected chi connectivity index (χ3v) is 2.94. The standard InChI is InChI=1S/C12H12BrClN8/c13-4-5-22(10-3-1-2-9(14)6-10)12(20-19-11(17)18)21(7-15)8-16/h1-3,6H,4-5H2,(H4,17,18,19). The molecule has 8 nitrogen and oxygen atoms in total. The summed E-state index contributed by atoms with van der Waals surface area (Å²) in [6.07, 6.45) is 3.40. The van der Waals surface area contributed by atoms with Crippen LogP contribution in [0.25, 0.3) is 0 Å². The van der Waals surface area contributed by atoms with E-state index < -0.39 is 5.96 Å². The molecule has 0 radical (unpaired) electrons. The van der Waals surface area contributed by atoms with Crippen molar-refractivity contribution in [3.63, 3.8) is 0 Å². The van der Waals surface area contributed by atoms with Gasteiger partial charge in [-0.2, -0.15) is 10.5 Å². The third kappa shape index (κ3) is 4.81. The van der Waals surface area contributed by atoms with Crippen LogP contribution in [0.3, 0.4) is 0 Å². The van der Waals surface area contributed by atoms with Crippen molar-refractivity contribution < 1.29 is 0 Å². The normalized spacial score (nSPS) is 10.3. The van der Waals surface area contributed by atoms with E-state index >= 15 is 0 Å². The van der Waals surface area contributed by atoms with Gasteiger partial charge in [0.1, 0.15) is 0 Å². The van der Waals surface area contributed by atoms with Crippen LogP contribution in [0.15, 0.2) is 29.4 Å². The van der Waals surface area contributed by atoms with Crippen LogP contribution in [0, 0.1) is 28.3 Å². The number of hydrogen-bond acceptors (Lipinski definition) is 4. The minimum atomic E-state index is -0.418. The Kier molecular flexibility index (Phi) is 6.96. The maximum atomic E-state index is 9.08. The lowest BCUT2D eigenvalue weighted by atomic mass is 10.3. The van der Waals surface area contributed by atoms with Crippen molar-refractivity contribution in [2.45, 2.75) is 0 Å². The average Bonchev–Trinajstić information content (AvgIpc) is 2.49. The van der Waals surface area contributed by atoms with Gasteiger partial charge in [0.05, 0.1) is 0 Å². The average molecular weight is 384 g/mol. The topological polar surface area (TPSA) is 128 Å². The second kappa shape index (κ2) is 8.72. The first-order valence-electron chi connectivity index (χ1n) is 5.89. The molecule has 0 saturated heterocycles. The number of nitriles is 2. The predicted octanol–water partition coefficient (Wildman–Crippen LogP) is 1.56. The smallest absolute Gasteiger partial charge is 0.251 e. The first-order chi connectivity index (χ1) is 10.5. The number of hydrogen-bond donors (Lipinski definition) is 3. The van der Waals surface area contributed by atoms with E-state index in [1.165, 1.54) is 0 Å². The summed E-state index contributed by atoms with van der Waals surface area (Å²) >= 11 is 9.28. The molecule has 0 aliphatic rings. The van der Waals surface area contributed by atoms with E-state index in [1.807, 2.05) is 0 Å². The van der Waals surface area contributed by atoms with Gasteiger partial charge < -0.3 is 10.6 Å². The number of guanidine groups is 2. The van der Waals surface area contributed by atoms with Crippen LogP contribution in [0.4, 0.5) is 5.69 Å². The zero-order valence-electron chi connectivity index (χ0n) is 11.3. The van der Waals surface area contributed by atoms with Crippen LogP contribution >= 0.6 is 27.5 Å². The molecule has 22 heavy (non-hydrogen) atoms. The molecule has 4 N–H and O–H groups in total. The Hall–Kier alpha value is -2.49. The number of hydrazone groups is 1. The van der Waals surface area contributed by atoms with Crippen molar-refractivity contribution in [3.8, 4) is 12.4 Å². The summed E-state index contributed by atoms with van der Waals surface area (Å²) in [5.41, 5.74) is 8.06. The van der Waals surface area contributed by atoms with Crippen molar-refractivity contribution in [2.75, 3.05) is 16.8 Å². The molecule has 0 aliphatic heterocycles. The van der Waals surface area contributed by atoms with E-state index in [0.717, 1.165) is 0 Å². The van der Waals surface area contributed by atoms with Crippen molar-refractivity contribution in [1.82, 2.24) is 10.3 Å². The highest BCUT2D eigenvalue weighted by Gasteiger charge is 2.21. The molecule has 0 atom stereocenters. The van der Waals surface area contributed by atoms with Crippen LogP contribution in [-0.4, -0.2) is 28.7 Å². The van der Waals surface area contributed by atoms with E-state index in [0.29, 0.717) is 27.5 Å². The lowest BCUT2D eigenvalue weighted by molar-refractivity contribution is 0.748. The largest absolute Gasteiger partial charge is 0.369 e. The minimum absolute atomic E-state index is 0.0260. The summed E-state index contributed by atoms with van der Waals surface area (Å²) in [7, 11) is 0. The fraction of sp³-hybridized carbons (Fsp3) is 0.167. The molecular formula is C12H12BrClN8. The summed E-state index contributed by atoms with van der Waals surface area (Å²) in [5, 5.41) is 30.2. The molecule has 0 fully saturated rings. The van der Waals surface area contributed by atoms with Gasteiger partial charge in [0.2, 0.25) is 18.3 Å². The van der Waals surface area contributed by atoms with Crippen molar-refractivity contribution >= 4 is 45.1 Å². The molecular weight excluding hydrogens is 372 g/mol. The Morgan fingerprint density at radius 1 is 1.45 bits per heavy atom. The molecule has 0 aromatic heterocycles. The number of anilines is 1. The zero-order chi connectivity index (χ0) is 16.5. The van der Waals surface area contributed by atoms with E-state index in [1.54, 1.807) is 41.6 Å². The zero-order valence-corrected chi connectivity index (χ0v) is 13.6. The van der Waals surface area contributed by atoms with Crippen LogP contribution < -0.4 is 16.1 Å². The van der Waals surface area contributed by atoms with Crippen LogP contribution in [0.1, 0.15) is 0 Å². The molecule has 0 aliphatic carbocycles. The molecule has 0 spiro atoms. The van der Waals surface area contributed by atoms with Crippen molar-refractivity contribution in [1.29, 1.82) is 15.9 Å². The Morgan fingerprint density at radius 3 is 2.64 bits per heavy atom. The molecule has 0 bridgehead atoms. The number of halogens is 2. The fourth-order valence-electron chi connectivity index (χ4n) is 1.53. The van der Waals surface area contributed by atoms with Crippen molar-refractivity contribution in [2.24, 2.45) is 10.8 Å². The number of nitrogens with two attached hydrogens (primary N) is 1. The molecule has 0 heterocycles. The first kappa shape index (κ1) is 17.6. The maximum Gasteiger partial charge on any atom is 0.251 e. The highest BCUT2D eigenvalue weighted by Crippen LogP contribution is 2.20. The minimum Gasteiger partial charge on any atom is -0.369 e. The van der Waals surface area contributed by atoms with Gasteiger partial charge in [-0.25, -0.2) is 5.43 Å². The molecule has 0 amide bonds. The Morgan fingerprint density at radius 2 is 2.14 bits per heavy atom. The van der Waals surface area contributed by atoms with E-state index in [-0.39, 0.29) is 5.96 Å². The summed E-state index contributed by atoms with van der Waals surface area (Å²) < 4.78 is 0. The quantitative estimate of drug-likeness (QED) is 0.181. The molecule has 1 rings (SSSR count). The maximum absolute atomic E-state index is 9.08. The first-order valence-corrected chi connectivity index (χ1v) is 7.39. The van der Waals surface area contributed by atoms with Gasteiger partial charge in [-0.1, -0.05) is 33.6 Å². The third-order valence-electron chi connectivity index (χ3n) is 2.35. The van der Waals surface area contributed by atoms with Crippen molar-refractivity contribution in [3.05, 3.63) is 29.3 Å². The monoisotopic (exact) mass is 382 g/mol. The number of benzene rings is 1. The summed E-state index contributed by atoms with van der Waals surface area (Å²) in [4.78, 5) is 2.28. The van der Waals surface area contributed by atoms with Gasteiger partial charge >= 0.3 is 0 Å². The number of nitrogens with zero attached hydrogens (tertiary/aromatic N) is 5. The highest BCUT2D eigenvalue weighted by atomic mass is 79.9. The summed E-state index contributed by atoms with van der Waals surface area (Å²) in [6, 6.07) is 6.86. The van der Waals surface area contributed by atoms with Gasteiger partial charge in [0.15, 0.2) is 0 Å². The molecule has 0 saturated carbocycles. The van der Waals surface area contributed by atoms with Gasteiger partial charge in [-0.15, -0.1) is 10.0 Å². The molecule has 114 valence electrons. The lowest BCUT2D eigenvalue weighted by Crippen LogP contribution is -2.43. The predicted molar refractivity (Wildman–Crippen MR) is 88.1 cm³/mol. The fourth-order valence-corrected chi connectivity index (χ4v) is 2.07. The number of nitrogens with one attached hydrogen (secondary N) is 2. The molecule has 1 aromatic rings. The van der Waals surface area contributed by atoms with Crippen LogP contribution in [0.2, 0.25) is 5.02 Å². The van der Waals surface area contributed by atoms with E-state index in [4.69, 9.17) is 33.3 Å². The van der Waals surface area contributed by atoms with Gasteiger partial charge in [-0.05, 0) is 18.2 Å². The Balaban J connectivity index is 3.32. The van der Waals surface area contributed by atoms with Crippen LogP contribution in [0.5, 0.6) is 0 Å². The number of alkyl halides is 1.